The van der Waals surface area contributed by atoms with E-state index in [0.29, 0.717) is 6.04 Å². The van der Waals surface area contributed by atoms with Crippen LogP contribution in [-0.2, 0) is 0 Å². The Morgan fingerprint density at radius 1 is 1.44 bits per heavy atom. The fourth-order valence-corrected chi connectivity index (χ4v) is 2.87. The minimum Gasteiger partial charge on any atom is -0.310 e. The van der Waals surface area contributed by atoms with Crippen molar-refractivity contribution in [2.24, 2.45) is 5.92 Å². The monoisotopic (exact) mass is 281 g/mol. The minimum atomic E-state index is 0.552. The molecule has 0 spiro atoms. The van der Waals surface area contributed by atoms with Crippen LogP contribution in [0.3, 0.4) is 0 Å². The molecule has 88 valence electrons. The number of halogens is 1. The first-order valence-corrected chi connectivity index (χ1v) is 7.01. The Hall–Kier alpha value is -0.340. The van der Waals surface area contributed by atoms with E-state index < -0.39 is 0 Å². The molecule has 0 aromatic heterocycles. The smallest absolute Gasteiger partial charge is 0.0351 e. The molecule has 1 aromatic carbocycles. The molecule has 2 heteroatoms. The molecular formula is C14H20BrN. The predicted octanol–water partition coefficient (Wildman–Crippen LogP) is 4.21. The highest BCUT2D eigenvalue weighted by Gasteiger charge is 2.28. The minimum absolute atomic E-state index is 0.552. The summed E-state index contributed by atoms with van der Waals surface area (Å²) < 4.78 is 1.23. The number of rotatable bonds is 4. The number of nitrogens with one attached hydrogen (secondary N) is 1. The van der Waals surface area contributed by atoms with Gasteiger partial charge in [-0.05, 0) is 49.4 Å². The molecule has 1 N–H and O–H groups in total. The zero-order chi connectivity index (χ0) is 11.5. The Morgan fingerprint density at radius 3 is 2.75 bits per heavy atom. The van der Waals surface area contributed by atoms with Crippen LogP contribution in [0.15, 0.2) is 22.7 Å². The van der Waals surface area contributed by atoms with E-state index in [0.717, 1.165) is 12.5 Å². The Morgan fingerprint density at radius 2 is 2.19 bits per heavy atom. The summed E-state index contributed by atoms with van der Waals surface area (Å²) in [7, 11) is 0. The van der Waals surface area contributed by atoms with Gasteiger partial charge in [0.05, 0.1) is 0 Å². The average Bonchev–Trinajstić information content (AvgIpc) is 2.19. The fraction of sp³-hybridized carbons (Fsp3) is 0.571. The molecule has 0 heterocycles. The third kappa shape index (κ3) is 2.33. The summed E-state index contributed by atoms with van der Waals surface area (Å²) in [6.07, 6.45) is 4.16. The molecular weight excluding hydrogens is 262 g/mol. The molecule has 2 rings (SSSR count). The van der Waals surface area contributed by atoms with Crippen molar-refractivity contribution in [3.8, 4) is 0 Å². The molecule has 0 amide bonds. The van der Waals surface area contributed by atoms with Crippen LogP contribution in [0.4, 0.5) is 0 Å². The summed E-state index contributed by atoms with van der Waals surface area (Å²) in [4.78, 5) is 0. The zero-order valence-electron chi connectivity index (χ0n) is 10.1. The van der Waals surface area contributed by atoms with Gasteiger partial charge < -0.3 is 5.32 Å². The normalized spacial score (nSPS) is 18.2. The SMILES string of the molecule is CCNC(c1cccc(Br)c1C)C1CCC1. The average molecular weight is 282 g/mol. The molecule has 0 radical (unpaired) electrons. The van der Waals surface area contributed by atoms with Gasteiger partial charge in [0, 0.05) is 10.5 Å². The van der Waals surface area contributed by atoms with Gasteiger partial charge in [0.25, 0.3) is 0 Å². The van der Waals surface area contributed by atoms with Crippen molar-refractivity contribution in [2.75, 3.05) is 6.54 Å². The first kappa shape index (κ1) is 12.1. The van der Waals surface area contributed by atoms with E-state index >= 15 is 0 Å². The molecule has 1 nitrogen and oxygen atoms in total. The van der Waals surface area contributed by atoms with Crippen LogP contribution < -0.4 is 5.32 Å². The van der Waals surface area contributed by atoms with E-state index in [1.54, 1.807) is 0 Å². The lowest BCUT2D eigenvalue weighted by Crippen LogP contribution is -2.32. The molecule has 1 aromatic rings. The van der Waals surface area contributed by atoms with Crippen molar-refractivity contribution in [1.29, 1.82) is 0 Å². The van der Waals surface area contributed by atoms with E-state index in [4.69, 9.17) is 0 Å². The lowest BCUT2D eigenvalue weighted by molar-refractivity contribution is 0.232. The standard InChI is InChI=1S/C14H20BrN/c1-3-16-14(11-6-4-7-11)12-8-5-9-13(15)10(12)2/h5,8-9,11,14,16H,3-4,6-7H2,1-2H3. The fourth-order valence-electron chi connectivity index (χ4n) is 2.48. The molecule has 0 aliphatic heterocycles. The number of benzene rings is 1. The number of hydrogen-bond acceptors (Lipinski definition) is 1. The zero-order valence-corrected chi connectivity index (χ0v) is 11.7. The highest BCUT2D eigenvalue weighted by atomic mass is 79.9. The largest absolute Gasteiger partial charge is 0.310 e. The van der Waals surface area contributed by atoms with Crippen LogP contribution in [0.2, 0.25) is 0 Å². The summed E-state index contributed by atoms with van der Waals surface area (Å²) in [5, 5.41) is 3.65. The molecule has 16 heavy (non-hydrogen) atoms. The quantitative estimate of drug-likeness (QED) is 0.872. The van der Waals surface area contributed by atoms with Gasteiger partial charge in [0.15, 0.2) is 0 Å². The molecule has 1 saturated carbocycles. The van der Waals surface area contributed by atoms with E-state index in [1.807, 2.05) is 0 Å². The Balaban J connectivity index is 2.26. The van der Waals surface area contributed by atoms with Gasteiger partial charge in [-0.1, -0.05) is 41.4 Å². The molecule has 1 fully saturated rings. The summed E-state index contributed by atoms with van der Waals surface area (Å²) in [6.45, 7) is 5.45. The van der Waals surface area contributed by atoms with E-state index in [-0.39, 0.29) is 0 Å². The van der Waals surface area contributed by atoms with Gasteiger partial charge >= 0.3 is 0 Å². The molecule has 1 aliphatic rings. The topological polar surface area (TPSA) is 12.0 Å². The highest BCUT2D eigenvalue weighted by Crippen LogP contribution is 2.39. The van der Waals surface area contributed by atoms with Crippen LogP contribution in [-0.4, -0.2) is 6.54 Å². The maximum Gasteiger partial charge on any atom is 0.0351 e. The van der Waals surface area contributed by atoms with E-state index in [2.05, 4.69) is 53.3 Å². The Kier molecular flexibility index (Phi) is 4.04. The van der Waals surface area contributed by atoms with E-state index in [9.17, 15) is 0 Å². The van der Waals surface area contributed by atoms with Crippen molar-refractivity contribution in [3.05, 3.63) is 33.8 Å². The second-order valence-corrected chi connectivity index (χ2v) is 5.53. The summed E-state index contributed by atoms with van der Waals surface area (Å²) in [5.41, 5.74) is 2.86. The summed E-state index contributed by atoms with van der Waals surface area (Å²) in [5.74, 6) is 0.841. The molecule has 1 aliphatic carbocycles. The maximum atomic E-state index is 3.65. The highest BCUT2D eigenvalue weighted by molar-refractivity contribution is 9.10. The maximum absolute atomic E-state index is 3.65. The van der Waals surface area contributed by atoms with Gasteiger partial charge in [0.2, 0.25) is 0 Å². The Labute approximate surface area is 107 Å². The van der Waals surface area contributed by atoms with Gasteiger partial charge in [-0.2, -0.15) is 0 Å². The van der Waals surface area contributed by atoms with Crippen molar-refractivity contribution in [2.45, 2.75) is 39.2 Å². The predicted molar refractivity (Wildman–Crippen MR) is 72.6 cm³/mol. The van der Waals surface area contributed by atoms with Gasteiger partial charge in [-0.15, -0.1) is 0 Å². The van der Waals surface area contributed by atoms with Gasteiger partial charge in [-0.25, -0.2) is 0 Å². The molecule has 0 saturated heterocycles. The molecule has 1 atom stereocenters. The number of hydrogen-bond donors (Lipinski definition) is 1. The first-order valence-electron chi connectivity index (χ1n) is 6.22. The lowest BCUT2D eigenvalue weighted by atomic mass is 9.76. The summed E-state index contributed by atoms with van der Waals surface area (Å²) in [6, 6.07) is 7.10. The van der Waals surface area contributed by atoms with Crippen molar-refractivity contribution in [1.82, 2.24) is 5.32 Å². The van der Waals surface area contributed by atoms with Gasteiger partial charge in [-0.3, -0.25) is 0 Å². The van der Waals surface area contributed by atoms with Crippen LogP contribution in [0.25, 0.3) is 0 Å². The molecule has 1 unspecified atom stereocenters. The van der Waals surface area contributed by atoms with Crippen molar-refractivity contribution >= 4 is 15.9 Å². The third-order valence-corrected chi connectivity index (χ3v) is 4.55. The van der Waals surface area contributed by atoms with Crippen LogP contribution >= 0.6 is 15.9 Å². The van der Waals surface area contributed by atoms with Gasteiger partial charge in [0.1, 0.15) is 0 Å². The second kappa shape index (κ2) is 5.33. The third-order valence-electron chi connectivity index (χ3n) is 3.69. The lowest BCUT2D eigenvalue weighted by Gasteiger charge is -2.35. The van der Waals surface area contributed by atoms with Crippen LogP contribution in [0.1, 0.15) is 43.4 Å². The second-order valence-electron chi connectivity index (χ2n) is 4.68. The summed E-state index contributed by atoms with van der Waals surface area (Å²) >= 11 is 3.63. The molecule has 0 bridgehead atoms. The van der Waals surface area contributed by atoms with Crippen molar-refractivity contribution in [3.63, 3.8) is 0 Å². The van der Waals surface area contributed by atoms with Crippen LogP contribution in [0.5, 0.6) is 0 Å². The first-order chi connectivity index (χ1) is 7.74. The van der Waals surface area contributed by atoms with Crippen LogP contribution in [0, 0.1) is 12.8 Å². The van der Waals surface area contributed by atoms with Crippen molar-refractivity contribution < 1.29 is 0 Å². The van der Waals surface area contributed by atoms with E-state index in [1.165, 1.54) is 34.9 Å². The Bertz CT molecular complexity index is 358.